The zero-order valence-corrected chi connectivity index (χ0v) is 12.4. The molecule has 0 bridgehead atoms. The molecule has 0 fully saturated rings. The number of ether oxygens (including phenoxy) is 1. The van der Waals surface area contributed by atoms with Gasteiger partial charge in [0.15, 0.2) is 0 Å². The average molecular weight is 289 g/mol. The third-order valence-electron chi connectivity index (χ3n) is 2.96. The van der Waals surface area contributed by atoms with Gasteiger partial charge in [-0.25, -0.2) is 4.79 Å². The summed E-state index contributed by atoms with van der Waals surface area (Å²) >= 11 is 1.73. The molecule has 0 saturated heterocycles. The van der Waals surface area contributed by atoms with E-state index in [0.29, 0.717) is 6.61 Å². The summed E-state index contributed by atoms with van der Waals surface area (Å²) < 4.78 is 5.15. The molecule has 2 aromatic rings. The maximum atomic E-state index is 12.1. The number of carbonyl (C=O) groups is 1. The summed E-state index contributed by atoms with van der Waals surface area (Å²) in [6.07, 6.45) is 0.917. The smallest absolute Gasteiger partial charge is 0.327 e. The highest BCUT2D eigenvalue weighted by molar-refractivity contribution is 7.09. The van der Waals surface area contributed by atoms with Crippen molar-refractivity contribution in [2.45, 2.75) is 19.4 Å². The molecule has 4 heteroatoms. The Labute approximate surface area is 123 Å². The van der Waals surface area contributed by atoms with Crippen LogP contribution < -0.4 is 5.32 Å². The van der Waals surface area contributed by atoms with Gasteiger partial charge in [0, 0.05) is 11.4 Å². The van der Waals surface area contributed by atoms with Gasteiger partial charge < -0.3 is 10.1 Å². The predicted octanol–water partition coefficient (Wildman–Crippen LogP) is 3.18. The third-order valence-corrected chi connectivity index (χ3v) is 3.89. The van der Waals surface area contributed by atoms with Crippen LogP contribution in [0.1, 0.15) is 23.4 Å². The van der Waals surface area contributed by atoms with E-state index in [2.05, 4.69) is 16.8 Å². The summed E-state index contributed by atoms with van der Waals surface area (Å²) in [6, 6.07) is 13.5. The number of rotatable bonds is 7. The number of thiophene rings is 1. The summed E-state index contributed by atoms with van der Waals surface area (Å²) in [5.41, 5.74) is 0.942. The maximum absolute atomic E-state index is 12.1. The summed E-state index contributed by atoms with van der Waals surface area (Å²) in [6.45, 7) is 2.97. The molecule has 0 amide bonds. The van der Waals surface area contributed by atoms with E-state index >= 15 is 0 Å². The van der Waals surface area contributed by atoms with E-state index in [4.69, 9.17) is 4.74 Å². The standard InChI is InChI=1S/C16H19NO2S/c1-2-19-16(18)15(13-7-4-3-5-8-13)17-11-10-14-9-6-12-20-14/h3-9,12,15,17H,2,10-11H2,1H3. The molecule has 1 unspecified atom stereocenters. The Balaban J connectivity index is 1.97. The molecular formula is C16H19NO2S. The van der Waals surface area contributed by atoms with Gasteiger partial charge in [0.2, 0.25) is 0 Å². The molecule has 1 heterocycles. The normalized spacial score (nSPS) is 12.1. The highest BCUT2D eigenvalue weighted by atomic mass is 32.1. The summed E-state index contributed by atoms with van der Waals surface area (Å²) in [7, 11) is 0. The van der Waals surface area contributed by atoms with Gasteiger partial charge in [-0.1, -0.05) is 36.4 Å². The van der Waals surface area contributed by atoms with Crippen molar-refractivity contribution in [3.63, 3.8) is 0 Å². The van der Waals surface area contributed by atoms with E-state index in [-0.39, 0.29) is 5.97 Å². The second-order valence-electron chi connectivity index (χ2n) is 4.38. The molecule has 1 aromatic carbocycles. The van der Waals surface area contributed by atoms with Crippen LogP contribution in [0, 0.1) is 0 Å². The van der Waals surface area contributed by atoms with Crippen LogP contribution in [0.2, 0.25) is 0 Å². The Kier molecular flexibility index (Phi) is 5.77. The molecule has 1 aromatic heterocycles. The largest absolute Gasteiger partial charge is 0.465 e. The summed E-state index contributed by atoms with van der Waals surface area (Å²) in [5, 5.41) is 5.36. The molecule has 0 saturated carbocycles. The molecule has 0 radical (unpaired) electrons. The van der Waals surface area contributed by atoms with Crippen molar-refractivity contribution in [2.75, 3.05) is 13.2 Å². The van der Waals surface area contributed by atoms with Crippen molar-refractivity contribution in [3.8, 4) is 0 Å². The van der Waals surface area contributed by atoms with Crippen molar-refractivity contribution >= 4 is 17.3 Å². The van der Waals surface area contributed by atoms with Gasteiger partial charge in [-0.3, -0.25) is 0 Å². The highest BCUT2D eigenvalue weighted by Gasteiger charge is 2.20. The molecule has 3 nitrogen and oxygen atoms in total. The van der Waals surface area contributed by atoms with Gasteiger partial charge in [-0.2, -0.15) is 0 Å². The SMILES string of the molecule is CCOC(=O)C(NCCc1cccs1)c1ccccc1. The molecule has 20 heavy (non-hydrogen) atoms. The minimum absolute atomic E-state index is 0.218. The van der Waals surface area contributed by atoms with Crippen molar-refractivity contribution in [2.24, 2.45) is 0 Å². The number of carbonyl (C=O) groups excluding carboxylic acids is 1. The highest BCUT2D eigenvalue weighted by Crippen LogP contribution is 2.15. The van der Waals surface area contributed by atoms with Crippen LogP contribution in [-0.2, 0) is 16.0 Å². The van der Waals surface area contributed by atoms with E-state index in [1.54, 1.807) is 11.3 Å². The Bertz CT molecular complexity index is 511. The van der Waals surface area contributed by atoms with E-state index in [1.165, 1.54) is 4.88 Å². The monoisotopic (exact) mass is 289 g/mol. The Hall–Kier alpha value is -1.65. The van der Waals surface area contributed by atoms with Crippen molar-refractivity contribution in [1.29, 1.82) is 0 Å². The fourth-order valence-electron chi connectivity index (χ4n) is 2.00. The van der Waals surface area contributed by atoms with Crippen LogP contribution >= 0.6 is 11.3 Å². The Morgan fingerprint density at radius 1 is 1.25 bits per heavy atom. The van der Waals surface area contributed by atoms with E-state index in [9.17, 15) is 4.79 Å². The Morgan fingerprint density at radius 3 is 2.70 bits per heavy atom. The molecule has 1 atom stereocenters. The topological polar surface area (TPSA) is 38.3 Å². The fourth-order valence-corrected chi connectivity index (χ4v) is 2.71. The van der Waals surface area contributed by atoms with Crippen molar-refractivity contribution < 1.29 is 9.53 Å². The molecule has 1 N–H and O–H groups in total. The number of hydrogen-bond acceptors (Lipinski definition) is 4. The number of benzene rings is 1. The molecule has 106 valence electrons. The van der Waals surface area contributed by atoms with E-state index in [0.717, 1.165) is 18.5 Å². The van der Waals surface area contributed by atoms with Crippen molar-refractivity contribution in [1.82, 2.24) is 5.32 Å². The predicted molar refractivity (Wildman–Crippen MR) is 81.8 cm³/mol. The van der Waals surface area contributed by atoms with Crippen LogP contribution in [0.4, 0.5) is 0 Å². The first-order valence-corrected chi connectivity index (χ1v) is 7.66. The second-order valence-corrected chi connectivity index (χ2v) is 5.41. The zero-order chi connectivity index (χ0) is 14.2. The first-order chi connectivity index (χ1) is 9.81. The molecule has 0 aliphatic carbocycles. The number of nitrogens with one attached hydrogen (secondary N) is 1. The minimum atomic E-state index is -0.392. The Morgan fingerprint density at radius 2 is 2.05 bits per heavy atom. The first-order valence-electron chi connectivity index (χ1n) is 6.78. The van der Waals surface area contributed by atoms with Crippen LogP contribution in [0.5, 0.6) is 0 Å². The van der Waals surface area contributed by atoms with Crippen LogP contribution in [-0.4, -0.2) is 19.1 Å². The lowest BCUT2D eigenvalue weighted by molar-refractivity contribution is -0.145. The van der Waals surface area contributed by atoms with Crippen LogP contribution in [0.15, 0.2) is 47.8 Å². The van der Waals surface area contributed by atoms with Gasteiger partial charge in [-0.05, 0) is 30.4 Å². The minimum Gasteiger partial charge on any atom is -0.465 e. The van der Waals surface area contributed by atoms with Gasteiger partial charge >= 0.3 is 5.97 Å². The zero-order valence-electron chi connectivity index (χ0n) is 11.5. The lowest BCUT2D eigenvalue weighted by Crippen LogP contribution is -2.31. The maximum Gasteiger partial charge on any atom is 0.327 e. The second kappa shape index (κ2) is 7.82. The molecular weight excluding hydrogens is 270 g/mol. The van der Waals surface area contributed by atoms with Gasteiger partial charge in [-0.15, -0.1) is 11.3 Å². The van der Waals surface area contributed by atoms with Gasteiger partial charge in [0.1, 0.15) is 6.04 Å². The van der Waals surface area contributed by atoms with Crippen molar-refractivity contribution in [3.05, 3.63) is 58.3 Å². The number of hydrogen-bond donors (Lipinski definition) is 1. The quantitative estimate of drug-likeness (QED) is 0.796. The van der Waals surface area contributed by atoms with E-state index < -0.39 is 6.04 Å². The fraction of sp³-hybridized carbons (Fsp3) is 0.312. The average Bonchev–Trinajstić information content (AvgIpc) is 2.98. The first kappa shape index (κ1) is 14.8. The van der Waals surface area contributed by atoms with E-state index in [1.807, 2.05) is 43.3 Å². The summed E-state index contributed by atoms with van der Waals surface area (Å²) in [5.74, 6) is -0.218. The molecule has 0 aliphatic heterocycles. The van der Waals surface area contributed by atoms with Gasteiger partial charge in [0.05, 0.1) is 6.61 Å². The summed E-state index contributed by atoms with van der Waals surface area (Å²) in [4.78, 5) is 13.4. The van der Waals surface area contributed by atoms with Gasteiger partial charge in [0.25, 0.3) is 0 Å². The molecule has 2 rings (SSSR count). The van der Waals surface area contributed by atoms with Crippen LogP contribution in [0.3, 0.4) is 0 Å². The lowest BCUT2D eigenvalue weighted by atomic mass is 10.1. The van der Waals surface area contributed by atoms with Crippen LogP contribution in [0.25, 0.3) is 0 Å². The molecule has 0 aliphatic rings. The lowest BCUT2D eigenvalue weighted by Gasteiger charge is -2.17. The molecule has 0 spiro atoms. The number of esters is 1. The third kappa shape index (κ3) is 4.18.